The summed E-state index contributed by atoms with van der Waals surface area (Å²) in [6.45, 7) is 4.17. The summed E-state index contributed by atoms with van der Waals surface area (Å²) in [5, 5.41) is 43.2. The van der Waals surface area contributed by atoms with E-state index in [0.29, 0.717) is 19.3 Å². The van der Waals surface area contributed by atoms with Gasteiger partial charge in [0.05, 0.1) is 18.3 Å². The van der Waals surface area contributed by atoms with Crippen molar-refractivity contribution in [3.8, 4) is 12.3 Å². The van der Waals surface area contributed by atoms with Gasteiger partial charge < -0.3 is 20.4 Å². The first-order valence-corrected chi connectivity index (χ1v) is 9.62. The van der Waals surface area contributed by atoms with Crippen LogP contribution in [0.3, 0.4) is 0 Å². The molecule has 0 aromatic heterocycles. The van der Waals surface area contributed by atoms with Crippen molar-refractivity contribution in [1.29, 1.82) is 0 Å². The fourth-order valence-corrected chi connectivity index (χ4v) is 6.99. The maximum Gasteiger partial charge on any atom is 0.130 e. The lowest BCUT2D eigenvalue weighted by Crippen LogP contribution is -2.62. The van der Waals surface area contributed by atoms with Gasteiger partial charge in [-0.1, -0.05) is 31.4 Å². The number of rotatable bonds is 0. The summed E-state index contributed by atoms with van der Waals surface area (Å²) in [4.78, 5) is 0. The minimum Gasteiger partial charge on any atom is -0.393 e. The van der Waals surface area contributed by atoms with Gasteiger partial charge in [0.1, 0.15) is 5.60 Å². The first-order chi connectivity index (χ1) is 11.7. The lowest BCUT2D eigenvalue weighted by molar-refractivity contribution is -0.172. The number of aliphatic hydroxyl groups is 4. The SMILES string of the molecule is C#C[C@]1(O)CC[C@H]2[C@H]3[C@H]([C@@H](O)C[C@@]21C)[C@@]1(C)CC[C@H](O)CC1=C[C@@H]3O. The van der Waals surface area contributed by atoms with Crippen molar-refractivity contribution in [3.05, 3.63) is 11.6 Å². The number of terminal acetylenes is 1. The Labute approximate surface area is 150 Å². The second-order valence-electron chi connectivity index (χ2n) is 9.44. The highest BCUT2D eigenvalue weighted by Crippen LogP contribution is 2.66. The van der Waals surface area contributed by atoms with Crippen molar-refractivity contribution in [3.63, 3.8) is 0 Å². The number of fused-ring (bicyclic) bond motifs is 5. The van der Waals surface area contributed by atoms with E-state index in [1.807, 2.05) is 13.0 Å². The van der Waals surface area contributed by atoms with Gasteiger partial charge in [0.15, 0.2) is 0 Å². The average molecular weight is 346 g/mol. The molecule has 0 aromatic rings. The van der Waals surface area contributed by atoms with Crippen LogP contribution >= 0.6 is 0 Å². The zero-order valence-electron chi connectivity index (χ0n) is 15.2. The lowest BCUT2D eigenvalue weighted by Gasteiger charge is -2.61. The maximum absolute atomic E-state index is 11.2. The molecule has 0 aliphatic heterocycles. The second-order valence-corrected chi connectivity index (χ2v) is 9.44. The summed E-state index contributed by atoms with van der Waals surface area (Å²) in [5.41, 5.74) is -0.885. The molecule has 3 fully saturated rings. The Morgan fingerprint density at radius 3 is 2.56 bits per heavy atom. The molecule has 4 nitrogen and oxygen atoms in total. The van der Waals surface area contributed by atoms with Gasteiger partial charge in [0.2, 0.25) is 0 Å². The number of aliphatic hydroxyl groups excluding tert-OH is 3. The third kappa shape index (κ3) is 2.10. The molecule has 4 aliphatic carbocycles. The minimum absolute atomic E-state index is 0.0480. The Bertz CT molecular complexity index is 651. The van der Waals surface area contributed by atoms with Gasteiger partial charge in [0.25, 0.3) is 0 Å². The summed E-state index contributed by atoms with van der Waals surface area (Å²) in [5.74, 6) is 2.55. The van der Waals surface area contributed by atoms with Crippen molar-refractivity contribution in [2.45, 2.75) is 76.3 Å². The van der Waals surface area contributed by atoms with Crippen LogP contribution in [0.15, 0.2) is 11.6 Å². The third-order valence-corrected chi connectivity index (χ3v) is 8.43. The lowest BCUT2D eigenvalue weighted by atomic mass is 9.45. The van der Waals surface area contributed by atoms with Crippen molar-refractivity contribution >= 4 is 0 Å². The largest absolute Gasteiger partial charge is 0.393 e. The molecule has 138 valence electrons. The normalized spacial score (nSPS) is 57.7. The zero-order valence-corrected chi connectivity index (χ0v) is 15.2. The highest BCUT2D eigenvalue weighted by molar-refractivity contribution is 5.31. The summed E-state index contributed by atoms with van der Waals surface area (Å²) in [6.07, 6.45) is 9.90. The van der Waals surface area contributed by atoms with Gasteiger partial charge >= 0.3 is 0 Å². The fourth-order valence-electron chi connectivity index (χ4n) is 6.99. The van der Waals surface area contributed by atoms with Gasteiger partial charge in [0, 0.05) is 5.41 Å². The first-order valence-electron chi connectivity index (χ1n) is 9.62. The van der Waals surface area contributed by atoms with E-state index in [9.17, 15) is 20.4 Å². The second kappa shape index (κ2) is 5.33. The van der Waals surface area contributed by atoms with Crippen LogP contribution in [-0.2, 0) is 0 Å². The molecule has 25 heavy (non-hydrogen) atoms. The number of hydrogen-bond donors (Lipinski definition) is 4. The van der Waals surface area contributed by atoms with Crippen molar-refractivity contribution in [2.75, 3.05) is 0 Å². The van der Waals surface area contributed by atoms with Crippen molar-refractivity contribution < 1.29 is 20.4 Å². The van der Waals surface area contributed by atoms with Crippen LogP contribution in [0.2, 0.25) is 0 Å². The molecule has 4 heteroatoms. The fraction of sp³-hybridized carbons (Fsp3) is 0.810. The zero-order chi connectivity index (χ0) is 18.2. The standard InChI is InChI=1S/C21H30O4/c1-4-21(25)8-6-14-17-15(23)10-12-9-13(22)5-7-19(12,2)18(17)16(24)11-20(14,21)3/h1,10,13-18,22-25H,5-9,11H2,2-3H3/t13-,14-,15-,16-,17+,18-,19-,20-,21-/m0/s1. The summed E-state index contributed by atoms with van der Waals surface area (Å²) in [7, 11) is 0. The molecule has 4 aliphatic rings. The quantitative estimate of drug-likeness (QED) is 0.397. The van der Waals surface area contributed by atoms with Crippen molar-refractivity contribution in [1.82, 2.24) is 0 Å². The maximum atomic E-state index is 11.2. The van der Waals surface area contributed by atoms with Crippen LogP contribution in [0.4, 0.5) is 0 Å². The van der Waals surface area contributed by atoms with E-state index in [4.69, 9.17) is 6.42 Å². The summed E-state index contributed by atoms with van der Waals surface area (Å²) >= 11 is 0. The molecule has 4 rings (SSSR count). The van der Waals surface area contributed by atoms with Gasteiger partial charge in [-0.25, -0.2) is 0 Å². The molecule has 0 amide bonds. The highest BCUT2D eigenvalue weighted by atomic mass is 16.3. The molecule has 4 N–H and O–H groups in total. The Kier molecular flexibility index (Phi) is 3.74. The predicted octanol–water partition coefficient (Wildman–Crippen LogP) is 1.62. The molecule has 0 bridgehead atoms. The highest BCUT2D eigenvalue weighted by Gasteiger charge is 2.67. The minimum atomic E-state index is -1.21. The number of hydrogen-bond acceptors (Lipinski definition) is 4. The van der Waals surface area contributed by atoms with Gasteiger partial charge in [-0.15, -0.1) is 6.42 Å². The Balaban J connectivity index is 1.80. The molecule has 0 saturated heterocycles. The van der Waals surface area contributed by atoms with Crippen LogP contribution in [0.5, 0.6) is 0 Å². The van der Waals surface area contributed by atoms with Crippen molar-refractivity contribution in [2.24, 2.45) is 28.6 Å². The molecule has 0 radical (unpaired) electrons. The van der Waals surface area contributed by atoms with E-state index < -0.39 is 23.2 Å². The van der Waals surface area contributed by atoms with E-state index in [-0.39, 0.29) is 29.3 Å². The predicted molar refractivity (Wildman–Crippen MR) is 94.3 cm³/mol. The molecule has 0 spiro atoms. The van der Waals surface area contributed by atoms with E-state index in [0.717, 1.165) is 24.8 Å². The Morgan fingerprint density at radius 2 is 1.88 bits per heavy atom. The van der Waals surface area contributed by atoms with Crippen LogP contribution in [0.25, 0.3) is 0 Å². The molecule has 9 atom stereocenters. The summed E-state index contributed by atoms with van der Waals surface area (Å²) in [6, 6.07) is 0. The first kappa shape index (κ1) is 17.5. The van der Waals surface area contributed by atoms with E-state index >= 15 is 0 Å². The average Bonchev–Trinajstić information content (AvgIpc) is 2.81. The molecular weight excluding hydrogens is 316 g/mol. The van der Waals surface area contributed by atoms with Crippen LogP contribution < -0.4 is 0 Å². The van der Waals surface area contributed by atoms with Crippen LogP contribution in [-0.4, -0.2) is 44.3 Å². The smallest absolute Gasteiger partial charge is 0.130 e. The molecule has 0 aromatic carbocycles. The summed E-state index contributed by atoms with van der Waals surface area (Å²) < 4.78 is 0. The molecule has 3 saturated carbocycles. The molecule has 0 heterocycles. The van der Waals surface area contributed by atoms with E-state index in [2.05, 4.69) is 12.8 Å². The molecule has 0 unspecified atom stereocenters. The Hall–Kier alpha value is -0.860. The van der Waals surface area contributed by atoms with E-state index in [1.165, 1.54) is 0 Å². The van der Waals surface area contributed by atoms with Crippen LogP contribution in [0.1, 0.15) is 52.4 Å². The Morgan fingerprint density at radius 1 is 1.16 bits per heavy atom. The molecular formula is C21H30O4. The van der Waals surface area contributed by atoms with E-state index in [1.54, 1.807) is 0 Å². The van der Waals surface area contributed by atoms with Gasteiger partial charge in [-0.05, 0) is 61.7 Å². The topological polar surface area (TPSA) is 80.9 Å². The van der Waals surface area contributed by atoms with Gasteiger partial charge in [-0.2, -0.15) is 0 Å². The monoisotopic (exact) mass is 346 g/mol. The third-order valence-electron chi connectivity index (χ3n) is 8.43. The van der Waals surface area contributed by atoms with Gasteiger partial charge in [-0.3, -0.25) is 0 Å². The van der Waals surface area contributed by atoms with Crippen LogP contribution in [0, 0.1) is 40.9 Å².